The number of aliphatic hydroxyl groups excluding tert-OH is 5. The molecule has 10 nitrogen and oxygen atoms in total. The Kier molecular flexibility index (Phi) is 8.23. The Morgan fingerprint density at radius 2 is 1.64 bits per heavy atom. The summed E-state index contributed by atoms with van der Waals surface area (Å²) in [5, 5.41) is 49.8. The van der Waals surface area contributed by atoms with Crippen molar-refractivity contribution in [3.63, 3.8) is 0 Å². The minimum absolute atomic E-state index is 0.0809. The second-order valence-corrected chi connectivity index (χ2v) is 9.08. The van der Waals surface area contributed by atoms with Gasteiger partial charge >= 0.3 is 0 Å². The van der Waals surface area contributed by atoms with Crippen LogP contribution < -0.4 is 18.9 Å². The molecular weight excluding hydrogens is 472 g/mol. The maximum Gasteiger partial charge on any atom is 0.229 e. The lowest BCUT2D eigenvalue weighted by molar-refractivity contribution is -0.268. The van der Waals surface area contributed by atoms with Crippen molar-refractivity contribution < 1.29 is 49.2 Å². The van der Waals surface area contributed by atoms with E-state index >= 15 is 0 Å². The van der Waals surface area contributed by atoms with E-state index in [-0.39, 0.29) is 24.9 Å². The highest BCUT2D eigenvalue weighted by atomic mass is 16.7. The molecule has 2 aromatic carbocycles. The van der Waals surface area contributed by atoms with Crippen LogP contribution in [0.2, 0.25) is 0 Å². The maximum absolute atomic E-state index is 10.3. The van der Waals surface area contributed by atoms with Gasteiger partial charge in [0.25, 0.3) is 0 Å². The summed E-state index contributed by atoms with van der Waals surface area (Å²) in [6.07, 6.45) is -5.31. The van der Waals surface area contributed by atoms with Crippen molar-refractivity contribution in [3.8, 4) is 23.0 Å². The molecule has 36 heavy (non-hydrogen) atoms. The van der Waals surface area contributed by atoms with Crippen molar-refractivity contribution in [2.24, 2.45) is 0 Å². The van der Waals surface area contributed by atoms with E-state index in [1.807, 2.05) is 12.1 Å². The molecule has 0 radical (unpaired) electrons. The van der Waals surface area contributed by atoms with Crippen molar-refractivity contribution >= 4 is 0 Å². The van der Waals surface area contributed by atoms with Gasteiger partial charge in [0.2, 0.25) is 6.29 Å². The number of fused-ring (bicyclic) bond motifs is 1. The lowest BCUT2D eigenvalue weighted by Gasteiger charge is -2.39. The normalized spacial score (nSPS) is 29.4. The fraction of sp³-hybridized carbons (Fsp3) is 0.538. The molecule has 0 unspecified atom stereocenters. The predicted molar refractivity (Wildman–Crippen MR) is 128 cm³/mol. The van der Waals surface area contributed by atoms with Gasteiger partial charge in [-0.05, 0) is 49.1 Å². The van der Waals surface area contributed by atoms with Gasteiger partial charge in [-0.3, -0.25) is 0 Å². The summed E-state index contributed by atoms with van der Waals surface area (Å²) < 4.78 is 28.7. The van der Waals surface area contributed by atoms with E-state index in [9.17, 15) is 25.5 Å². The third-order valence-corrected chi connectivity index (χ3v) is 6.76. The molecule has 5 N–H and O–H groups in total. The van der Waals surface area contributed by atoms with Gasteiger partial charge in [0.05, 0.1) is 32.8 Å². The Hall–Kier alpha value is -2.60. The molecule has 2 heterocycles. The zero-order valence-corrected chi connectivity index (χ0v) is 20.5. The van der Waals surface area contributed by atoms with Crippen LogP contribution in [-0.4, -0.2) is 83.7 Å². The monoisotopic (exact) mass is 506 g/mol. The highest BCUT2D eigenvalue weighted by Gasteiger charge is 2.43. The Bertz CT molecular complexity index is 1040. The minimum Gasteiger partial charge on any atom is -0.493 e. The summed E-state index contributed by atoms with van der Waals surface area (Å²) in [4.78, 5) is 0. The van der Waals surface area contributed by atoms with E-state index in [2.05, 4.69) is 0 Å². The van der Waals surface area contributed by atoms with Crippen molar-refractivity contribution in [2.75, 3.05) is 27.4 Å². The molecule has 7 atom stereocenters. The number of ether oxygens (including phenoxy) is 5. The van der Waals surface area contributed by atoms with E-state index in [4.69, 9.17) is 23.7 Å². The van der Waals surface area contributed by atoms with Crippen LogP contribution in [0.15, 0.2) is 30.3 Å². The van der Waals surface area contributed by atoms with Crippen LogP contribution in [0, 0.1) is 0 Å². The minimum atomic E-state index is -1.46. The lowest BCUT2D eigenvalue weighted by Crippen LogP contribution is -2.58. The number of hydrogen-bond acceptors (Lipinski definition) is 10. The number of hydrogen-bond donors (Lipinski definition) is 5. The summed E-state index contributed by atoms with van der Waals surface area (Å²) in [5.74, 6) is 1.37. The predicted octanol–water partition coefficient (Wildman–Crippen LogP) is 1.04. The molecule has 0 spiro atoms. The summed E-state index contributed by atoms with van der Waals surface area (Å²) >= 11 is 0. The van der Waals surface area contributed by atoms with E-state index in [1.54, 1.807) is 32.2 Å². The van der Waals surface area contributed by atoms with E-state index in [0.29, 0.717) is 30.1 Å². The Morgan fingerprint density at radius 3 is 2.31 bits per heavy atom. The Balaban J connectivity index is 1.60. The third kappa shape index (κ3) is 4.97. The molecule has 2 aliphatic rings. The number of aliphatic hydroxyl groups is 5. The van der Waals surface area contributed by atoms with Crippen LogP contribution in [0.1, 0.15) is 42.1 Å². The van der Waals surface area contributed by atoms with Crippen LogP contribution in [-0.2, 0) is 11.2 Å². The van der Waals surface area contributed by atoms with Gasteiger partial charge in [0.1, 0.15) is 24.4 Å². The quantitative estimate of drug-likeness (QED) is 0.334. The summed E-state index contributed by atoms with van der Waals surface area (Å²) in [5.41, 5.74) is 2.54. The average Bonchev–Trinajstić information content (AvgIpc) is 3.27. The molecule has 1 saturated heterocycles. The SMILES string of the molecule is COc1cc([C@@H]2Oc3c(OC)cc(CCCO)cc3[C@@H]2CO)ccc1O[C@H]1O[C@@H](C)[C@H](O)[C@@H](O)[C@H]1O. The zero-order valence-electron chi connectivity index (χ0n) is 20.5. The summed E-state index contributed by atoms with van der Waals surface area (Å²) in [6.45, 7) is 1.49. The third-order valence-electron chi connectivity index (χ3n) is 6.76. The molecule has 4 rings (SSSR count). The lowest BCUT2D eigenvalue weighted by atomic mass is 9.90. The second kappa shape index (κ2) is 11.2. The summed E-state index contributed by atoms with van der Waals surface area (Å²) in [6, 6.07) is 8.98. The largest absolute Gasteiger partial charge is 0.493 e. The molecule has 198 valence electrons. The number of rotatable bonds is 9. The van der Waals surface area contributed by atoms with Crippen molar-refractivity contribution in [1.29, 1.82) is 0 Å². The molecule has 2 aliphatic heterocycles. The van der Waals surface area contributed by atoms with Gasteiger partial charge in [-0.1, -0.05) is 12.1 Å². The Labute approximate surface area is 209 Å². The molecule has 1 fully saturated rings. The first-order valence-corrected chi connectivity index (χ1v) is 12.0. The van der Waals surface area contributed by atoms with Crippen LogP contribution in [0.4, 0.5) is 0 Å². The molecule has 10 heteroatoms. The van der Waals surface area contributed by atoms with Crippen LogP contribution in [0.25, 0.3) is 0 Å². The van der Waals surface area contributed by atoms with Crippen LogP contribution in [0.5, 0.6) is 23.0 Å². The highest BCUT2D eigenvalue weighted by molar-refractivity contribution is 5.56. The van der Waals surface area contributed by atoms with Crippen molar-refractivity contribution in [1.82, 2.24) is 0 Å². The van der Waals surface area contributed by atoms with E-state index in [0.717, 1.165) is 16.7 Å². The molecule has 0 saturated carbocycles. The summed E-state index contributed by atoms with van der Waals surface area (Å²) in [7, 11) is 3.03. The topological polar surface area (TPSA) is 147 Å². The first-order chi connectivity index (χ1) is 17.3. The van der Waals surface area contributed by atoms with Gasteiger partial charge in [-0.2, -0.15) is 0 Å². The van der Waals surface area contributed by atoms with Crippen molar-refractivity contribution in [2.45, 2.75) is 62.5 Å². The van der Waals surface area contributed by atoms with E-state index < -0.39 is 36.8 Å². The fourth-order valence-electron chi connectivity index (χ4n) is 4.72. The molecular formula is C26H34O10. The van der Waals surface area contributed by atoms with Gasteiger partial charge in [-0.15, -0.1) is 0 Å². The van der Waals surface area contributed by atoms with Gasteiger partial charge in [0, 0.05) is 12.2 Å². The molecule has 0 bridgehead atoms. The van der Waals surface area contributed by atoms with E-state index in [1.165, 1.54) is 7.11 Å². The van der Waals surface area contributed by atoms with Gasteiger partial charge in [0.15, 0.2) is 23.0 Å². The first-order valence-electron chi connectivity index (χ1n) is 12.0. The highest BCUT2D eigenvalue weighted by Crippen LogP contribution is 2.51. The standard InChI is InChI=1S/C26H34O10/c1-13-21(29)22(30)23(31)26(34-13)35-18-7-6-15(11-19(18)32-2)24-17(12-28)16-9-14(5-4-8-27)10-20(33-3)25(16)36-24/h6-7,9-11,13,17,21-24,26-31H,4-5,8,12H2,1-3H3/t13-,17-,21-,22+,23+,24-,26+/m0/s1. The number of aryl methyl sites for hydroxylation is 1. The number of benzene rings is 2. The fourth-order valence-corrected chi connectivity index (χ4v) is 4.72. The average molecular weight is 507 g/mol. The number of methoxy groups -OCH3 is 2. The molecule has 0 aromatic heterocycles. The second-order valence-electron chi connectivity index (χ2n) is 9.08. The molecule has 0 amide bonds. The van der Waals surface area contributed by atoms with Crippen LogP contribution >= 0.6 is 0 Å². The Morgan fingerprint density at radius 1 is 0.889 bits per heavy atom. The smallest absolute Gasteiger partial charge is 0.229 e. The maximum atomic E-state index is 10.3. The van der Waals surface area contributed by atoms with Crippen molar-refractivity contribution in [3.05, 3.63) is 47.0 Å². The first kappa shape index (κ1) is 26.5. The van der Waals surface area contributed by atoms with Crippen LogP contribution in [0.3, 0.4) is 0 Å². The van der Waals surface area contributed by atoms with Gasteiger partial charge in [-0.25, -0.2) is 0 Å². The zero-order chi connectivity index (χ0) is 26.0. The van der Waals surface area contributed by atoms with Gasteiger partial charge < -0.3 is 49.2 Å². The molecule has 2 aromatic rings. The molecule has 0 aliphatic carbocycles.